The zero-order valence-corrected chi connectivity index (χ0v) is 14.8. The number of aliphatic imine (C=N–C) groups is 1. The van der Waals surface area contributed by atoms with Crippen LogP contribution in [0.25, 0.3) is 0 Å². The zero-order chi connectivity index (χ0) is 15.6. The molecule has 0 radical (unpaired) electrons. The summed E-state index contributed by atoms with van der Waals surface area (Å²) in [6.07, 6.45) is 5.04. The van der Waals surface area contributed by atoms with Crippen LogP contribution in [0.1, 0.15) is 42.9 Å². The highest BCUT2D eigenvalue weighted by Crippen LogP contribution is 2.17. The lowest BCUT2D eigenvalue weighted by atomic mass is 10.4. The second kappa shape index (κ2) is 9.85. The van der Waals surface area contributed by atoms with Crippen molar-refractivity contribution in [2.75, 3.05) is 32.7 Å². The second-order valence-corrected chi connectivity index (χ2v) is 7.00. The highest BCUT2D eigenvalue weighted by atomic mass is 32.1. The Morgan fingerprint density at radius 1 is 1.18 bits per heavy atom. The standard InChI is InChI=1S/C17H30N4S/c1-3-15-8-9-16(22-15)14-20-17(18-4-2)19-10-7-13-21-11-5-6-12-21/h8-9H,3-7,10-14H2,1-2H3,(H2,18,19,20). The average Bonchev–Trinajstić information content (AvgIpc) is 3.20. The van der Waals surface area contributed by atoms with Crippen molar-refractivity contribution >= 4 is 17.3 Å². The summed E-state index contributed by atoms with van der Waals surface area (Å²) in [5.41, 5.74) is 0. The number of hydrogen-bond acceptors (Lipinski definition) is 3. The van der Waals surface area contributed by atoms with Gasteiger partial charge in [-0.2, -0.15) is 0 Å². The first kappa shape index (κ1) is 17.3. The molecule has 2 rings (SSSR count). The summed E-state index contributed by atoms with van der Waals surface area (Å²) >= 11 is 1.87. The van der Waals surface area contributed by atoms with Gasteiger partial charge in [0.15, 0.2) is 5.96 Å². The van der Waals surface area contributed by atoms with Crippen LogP contribution in [0.4, 0.5) is 0 Å². The number of nitrogens with one attached hydrogen (secondary N) is 2. The molecule has 0 saturated carbocycles. The van der Waals surface area contributed by atoms with Crippen LogP contribution in [-0.2, 0) is 13.0 Å². The van der Waals surface area contributed by atoms with Crippen LogP contribution in [0.15, 0.2) is 17.1 Å². The Bertz CT molecular complexity index is 449. The first-order valence-corrected chi connectivity index (χ1v) is 9.45. The van der Waals surface area contributed by atoms with E-state index in [2.05, 4.69) is 41.5 Å². The third-order valence-electron chi connectivity index (χ3n) is 3.95. The lowest BCUT2D eigenvalue weighted by molar-refractivity contribution is 0.334. The zero-order valence-electron chi connectivity index (χ0n) is 14.0. The summed E-state index contributed by atoms with van der Waals surface area (Å²) in [5.74, 6) is 0.940. The SMILES string of the molecule is CCNC(=NCc1ccc(CC)s1)NCCCN1CCCC1. The van der Waals surface area contributed by atoms with Crippen LogP contribution in [0.2, 0.25) is 0 Å². The van der Waals surface area contributed by atoms with E-state index < -0.39 is 0 Å². The average molecular weight is 323 g/mol. The summed E-state index contributed by atoms with van der Waals surface area (Å²) in [5, 5.41) is 6.78. The van der Waals surface area contributed by atoms with Gasteiger partial charge in [0.2, 0.25) is 0 Å². The molecule has 1 aliphatic heterocycles. The minimum absolute atomic E-state index is 0.770. The Labute approximate surface area is 139 Å². The van der Waals surface area contributed by atoms with E-state index in [0.29, 0.717) is 0 Å². The van der Waals surface area contributed by atoms with E-state index in [4.69, 9.17) is 4.99 Å². The van der Waals surface area contributed by atoms with Crippen LogP contribution in [-0.4, -0.2) is 43.6 Å². The molecule has 1 aromatic heterocycles. The fourth-order valence-electron chi connectivity index (χ4n) is 2.71. The molecule has 0 bridgehead atoms. The number of rotatable bonds is 8. The largest absolute Gasteiger partial charge is 0.357 e. The van der Waals surface area contributed by atoms with Crippen molar-refractivity contribution in [3.63, 3.8) is 0 Å². The topological polar surface area (TPSA) is 39.7 Å². The Morgan fingerprint density at radius 2 is 1.95 bits per heavy atom. The summed E-state index contributed by atoms with van der Waals surface area (Å²) < 4.78 is 0. The number of nitrogens with zero attached hydrogens (tertiary/aromatic N) is 2. The molecule has 1 saturated heterocycles. The second-order valence-electron chi connectivity index (χ2n) is 5.75. The molecule has 4 nitrogen and oxygen atoms in total. The van der Waals surface area contributed by atoms with E-state index in [9.17, 15) is 0 Å². The molecule has 0 spiro atoms. The quantitative estimate of drug-likeness (QED) is 0.439. The molecule has 0 aliphatic carbocycles. The van der Waals surface area contributed by atoms with Gasteiger partial charge in [-0.1, -0.05) is 6.92 Å². The van der Waals surface area contributed by atoms with Gasteiger partial charge in [0.05, 0.1) is 6.54 Å². The van der Waals surface area contributed by atoms with Crippen molar-refractivity contribution in [1.82, 2.24) is 15.5 Å². The molecule has 0 amide bonds. The van der Waals surface area contributed by atoms with Gasteiger partial charge in [0, 0.05) is 22.8 Å². The minimum atomic E-state index is 0.770. The maximum Gasteiger partial charge on any atom is 0.191 e. The molecule has 1 fully saturated rings. The monoisotopic (exact) mass is 322 g/mol. The minimum Gasteiger partial charge on any atom is -0.357 e. The van der Waals surface area contributed by atoms with Crippen LogP contribution in [0, 0.1) is 0 Å². The van der Waals surface area contributed by atoms with Crippen molar-refractivity contribution in [1.29, 1.82) is 0 Å². The fourth-order valence-corrected chi connectivity index (χ4v) is 3.59. The van der Waals surface area contributed by atoms with Crippen LogP contribution in [0.5, 0.6) is 0 Å². The van der Waals surface area contributed by atoms with Gasteiger partial charge in [-0.15, -0.1) is 11.3 Å². The summed E-state index contributed by atoms with van der Waals surface area (Å²) in [6, 6.07) is 4.41. The fraction of sp³-hybridized carbons (Fsp3) is 0.706. The van der Waals surface area contributed by atoms with E-state index in [1.54, 1.807) is 0 Å². The van der Waals surface area contributed by atoms with Gasteiger partial charge in [-0.25, -0.2) is 4.99 Å². The highest BCUT2D eigenvalue weighted by Gasteiger charge is 2.10. The third kappa shape index (κ3) is 5.97. The molecule has 0 atom stereocenters. The first-order valence-electron chi connectivity index (χ1n) is 8.64. The van der Waals surface area contributed by atoms with Crippen LogP contribution in [0.3, 0.4) is 0 Å². The summed E-state index contributed by atoms with van der Waals surface area (Å²) in [4.78, 5) is 10.0. The van der Waals surface area contributed by atoms with Crippen LogP contribution >= 0.6 is 11.3 Å². The summed E-state index contributed by atoms with van der Waals surface area (Å²) in [6.45, 7) is 10.8. The van der Waals surface area contributed by atoms with E-state index in [1.165, 1.54) is 48.7 Å². The van der Waals surface area contributed by atoms with Gasteiger partial charge in [0.1, 0.15) is 0 Å². The van der Waals surface area contributed by atoms with E-state index in [-0.39, 0.29) is 0 Å². The lowest BCUT2D eigenvalue weighted by Crippen LogP contribution is -2.38. The molecule has 2 heterocycles. The van der Waals surface area contributed by atoms with Crippen molar-refractivity contribution < 1.29 is 0 Å². The number of thiophene rings is 1. The van der Waals surface area contributed by atoms with Gasteiger partial charge in [-0.05, 0) is 64.4 Å². The molecule has 1 aromatic rings. The first-order chi connectivity index (χ1) is 10.8. The molecule has 1 aliphatic rings. The van der Waals surface area contributed by atoms with Gasteiger partial charge >= 0.3 is 0 Å². The lowest BCUT2D eigenvalue weighted by Gasteiger charge is -2.15. The number of aryl methyl sites for hydroxylation is 1. The van der Waals surface area contributed by atoms with E-state index in [1.807, 2.05) is 11.3 Å². The molecule has 124 valence electrons. The number of guanidine groups is 1. The Morgan fingerprint density at radius 3 is 2.64 bits per heavy atom. The predicted octanol–water partition coefficient (Wildman–Crippen LogP) is 2.85. The highest BCUT2D eigenvalue weighted by molar-refractivity contribution is 7.11. The number of likely N-dealkylation sites (tertiary alicyclic amines) is 1. The Hall–Kier alpha value is -1.07. The normalized spacial score (nSPS) is 16.2. The number of hydrogen-bond donors (Lipinski definition) is 2. The Kier molecular flexibility index (Phi) is 7.74. The van der Waals surface area contributed by atoms with Crippen molar-refractivity contribution in [3.8, 4) is 0 Å². The van der Waals surface area contributed by atoms with Gasteiger partial charge in [-0.3, -0.25) is 0 Å². The molecule has 0 aromatic carbocycles. The molecular formula is C17H30N4S. The molecule has 22 heavy (non-hydrogen) atoms. The molecule has 5 heteroatoms. The Balaban J connectivity index is 1.71. The van der Waals surface area contributed by atoms with E-state index >= 15 is 0 Å². The third-order valence-corrected chi connectivity index (χ3v) is 5.16. The van der Waals surface area contributed by atoms with Crippen molar-refractivity contribution in [2.24, 2.45) is 4.99 Å². The van der Waals surface area contributed by atoms with Crippen molar-refractivity contribution in [2.45, 2.75) is 46.1 Å². The van der Waals surface area contributed by atoms with Crippen LogP contribution < -0.4 is 10.6 Å². The maximum absolute atomic E-state index is 4.69. The molecular weight excluding hydrogens is 292 g/mol. The molecule has 2 N–H and O–H groups in total. The smallest absolute Gasteiger partial charge is 0.191 e. The summed E-state index contributed by atoms with van der Waals surface area (Å²) in [7, 11) is 0. The maximum atomic E-state index is 4.69. The van der Waals surface area contributed by atoms with Gasteiger partial charge < -0.3 is 15.5 Å². The molecule has 0 unspecified atom stereocenters. The van der Waals surface area contributed by atoms with E-state index in [0.717, 1.165) is 32.0 Å². The predicted molar refractivity (Wildman–Crippen MR) is 96.8 cm³/mol. The van der Waals surface area contributed by atoms with Crippen molar-refractivity contribution in [3.05, 3.63) is 21.9 Å². The van der Waals surface area contributed by atoms with Gasteiger partial charge in [0.25, 0.3) is 0 Å².